The van der Waals surface area contributed by atoms with Crippen LogP contribution in [0.4, 0.5) is 10.5 Å². The number of benzene rings is 2. The number of likely N-dealkylation sites (tertiary alicyclic amines) is 1. The third-order valence-corrected chi connectivity index (χ3v) is 8.93. The van der Waals surface area contributed by atoms with Crippen LogP contribution in [0, 0.1) is 5.41 Å². The van der Waals surface area contributed by atoms with Crippen molar-refractivity contribution in [2.24, 2.45) is 5.41 Å². The predicted octanol–water partition coefficient (Wildman–Crippen LogP) is 6.98. The van der Waals surface area contributed by atoms with Gasteiger partial charge in [-0.05, 0) is 76.3 Å². The number of nitrogens with zero attached hydrogens (tertiary/aromatic N) is 2. The molecule has 1 amide bonds. The van der Waals surface area contributed by atoms with E-state index in [1.165, 1.54) is 5.69 Å². The largest absolute Gasteiger partial charge is 0.488 e. The van der Waals surface area contributed by atoms with Crippen LogP contribution in [0.3, 0.4) is 0 Å². The van der Waals surface area contributed by atoms with Crippen LogP contribution in [-0.4, -0.2) is 62.3 Å². The molecule has 214 valence electrons. The summed E-state index contributed by atoms with van der Waals surface area (Å²) in [6, 6.07) is 14.9. The number of halogens is 1. The van der Waals surface area contributed by atoms with Gasteiger partial charge in [-0.2, -0.15) is 0 Å². The van der Waals surface area contributed by atoms with Crippen LogP contribution < -0.4 is 14.4 Å². The lowest BCUT2D eigenvalue weighted by molar-refractivity contribution is -0.105. The topological polar surface area (TPSA) is 60.5 Å². The van der Waals surface area contributed by atoms with Gasteiger partial charge in [-0.25, -0.2) is 4.79 Å². The maximum absolute atomic E-state index is 12.4. The number of piperidine rings is 1. The Balaban J connectivity index is 1.08. The number of anilines is 1. The highest BCUT2D eigenvalue weighted by atomic mass is 79.9. The minimum absolute atomic E-state index is 0.178. The molecule has 8 heteroatoms. The van der Waals surface area contributed by atoms with E-state index >= 15 is 0 Å². The van der Waals surface area contributed by atoms with Gasteiger partial charge in [-0.3, -0.25) is 0 Å². The molecule has 1 unspecified atom stereocenters. The molecular formula is C32H39BrN2O5. The van der Waals surface area contributed by atoms with Crippen molar-refractivity contribution in [3.05, 3.63) is 58.1 Å². The molecule has 7 nitrogen and oxygen atoms in total. The molecule has 0 aromatic heterocycles. The molecule has 4 heterocycles. The van der Waals surface area contributed by atoms with E-state index in [2.05, 4.69) is 51.2 Å². The molecule has 0 saturated carbocycles. The normalized spacial score (nSPS) is 22.4. The number of hydrogen-bond donors (Lipinski definition) is 0. The number of rotatable bonds is 4. The minimum atomic E-state index is -0.453. The second kappa shape index (κ2) is 10.9. The SMILES string of the molecule is CC(C)(C)OC(=O)N1CCC2(CC1)CN(c1ccc(C3=C(Br)COc4cc(OC5CCCCO5)ccc43)cc1)C2. The van der Waals surface area contributed by atoms with Crippen LogP contribution in [0.25, 0.3) is 5.57 Å². The van der Waals surface area contributed by atoms with Gasteiger partial charge in [-0.15, -0.1) is 0 Å². The fourth-order valence-corrected chi connectivity index (χ4v) is 6.68. The van der Waals surface area contributed by atoms with E-state index in [0.717, 1.165) is 97.6 Å². The molecule has 6 rings (SSSR count). The van der Waals surface area contributed by atoms with Crippen molar-refractivity contribution in [2.75, 3.05) is 44.3 Å². The van der Waals surface area contributed by atoms with Gasteiger partial charge in [0.25, 0.3) is 0 Å². The molecular weight excluding hydrogens is 572 g/mol. The number of fused-ring (bicyclic) bond motifs is 1. The van der Waals surface area contributed by atoms with Gasteiger partial charge in [-0.1, -0.05) is 28.1 Å². The first-order valence-corrected chi connectivity index (χ1v) is 15.2. The maximum Gasteiger partial charge on any atom is 0.410 e. The second-order valence-corrected chi connectivity index (χ2v) is 13.5. The minimum Gasteiger partial charge on any atom is -0.488 e. The van der Waals surface area contributed by atoms with Gasteiger partial charge >= 0.3 is 6.09 Å². The molecule has 2 aromatic rings. The van der Waals surface area contributed by atoms with E-state index in [1.54, 1.807) is 0 Å². The fraction of sp³-hybridized carbons (Fsp3) is 0.531. The molecule has 4 aliphatic heterocycles. The van der Waals surface area contributed by atoms with E-state index in [4.69, 9.17) is 18.9 Å². The standard InChI is InChI=1S/C32H39BrN2O5/c1-31(2,3)40-30(36)34-15-13-32(14-16-34)20-35(21-32)23-9-7-22(8-10-23)29-25-12-11-24(18-27(25)38-19-26(29)33)39-28-6-4-5-17-37-28/h7-12,18,28H,4-6,13-17,19-21H2,1-3H3. The van der Waals surface area contributed by atoms with Crippen LogP contribution in [0.15, 0.2) is 46.9 Å². The van der Waals surface area contributed by atoms with Crippen molar-refractivity contribution >= 4 is 33.3 Å². The van der Waals surface area contributed by atoms with Crippen molar-refractivity contribution in [2.45, 2.75) is 64.8 Å². The van der Waals surface area contributed by atoms with Crippen molar-refractivity contribution in [1.82, 2.24) is 4.90 Å². The Kier molecular flexibility index (Phi) is 7.51. The zero-order valence-corrected chi connectivity index (χ0v) is 25.3. The molecule has 2 aromatic carbocycles. The van der Waals surface area contributed by atoms with E-state index in [0.29, 0.717) is 12.0 Å². The molecule has 4 aliphatic rings. The molecule has 0 radical (unpaired) electrons. The lowest BCUT2D eigenvalue weighted by Gasteiger charge is -2.55. The Hall–Kier alpha value is -2.71. The summed E-state index contributed by atoms with van der Waals surface area (Å²) >= 11 is 3.77. The first kappa shape index (κ1) is 27.5. The summed E-state index contributed by atoms with van der Waals surface area (Å²) in [6.45, 7) is 10.6. The van der Waals surface area contributed by atoms with E-state index in [-0.39, 0.29) is 12.4 Å². The zero-order chi connectivity index (χ0) is 27.9. The van der Waals surface area contributed by atoms with E-state index < -0.39 is 5.60 Å². The summed E-state index contributed by atoms with van der Waals surface area (Å²) < 4.78 is 24.5. The quantitative estimate of drug-likeness (QED) is 0.372. The van der Waals surface area contributed by atoms with Crippen LogP contribution in [-0.2, 0) is 9.47 Å². The van der Waals surface area contributed by atoms with Gasteiger partial charge in [0.15, 0.2) is 6.29 Å². The Morgan fingerprint density at radius 3 is 2.48 bits per heavy atom. The zero-order valence-electron chi connectivity index (χ0n) is 23.7. The summed E-state index contributed by atoms with van der Waals surface area (Å²) in [5.74, 6) is 1.61. The highest BCUT2D eigenvalue weighted by molar-refractivity contribution is 9.11. The average Bonchev–Trinajstić information content (AvgIpc) is 2.92. The first-order chi connectivity index (χ1) is 19.2. The number of carbonyl (C=O) groups excluding carboxylic acids is 1. The lowest BCUT2D eigenvalue weighted by atomic mass is 9.72. The summed E-state index contributed by atoms with van der Waals surface area (Å²) in [7, 11) is 0. The Bertz CT molecular complexity index is 1260. The summed E-state index contributed by atoms with van der Waals surface area (Å²) in [5, 5.41) is 0. The second-order valence-electron chi connectivity index (χ2n) is 12.5. The van der Waals surface area contributed by atoms with Crippen LogP contribution >= 0.6 is 15.9 Å². The summed E-state index contributed by atoms with van der Waals surface area (Å²) in [4.78, 5) is 16.8. The van der Waals surface area contributed by atoms with Crippen LogP contribution in [0.5, 0.6) is 11.5 Å². The van der Waals surface area contributed by atoms with Crippen molar-refractivity contribution < 1.29 is 23.7 Å². The predicted molar refractivity (Wildman–Crippen MR) is 159 cm³/mol. The van der Waals surface area contributed by atoms with Crippen molar-refractivity contribution in [3.8, 4) is 11.5 Å². The fourth-order valence-electron chi connectivity index (χ4n) is 6.12. The average molecular weight is 612 g/mol. The molecule has 3 saturated heterocycles. The van der Waals surface area contributed by atoms with Gasteiger partial charge in [0.05, 0.1) is 6.61 Å². The van der Waals surface area contributed by atoms with Gasteiger partial charge < -0.3 is 28.7 Å². The van der Waals surface area contributed by atoms with Crippen LogP contribution in [0.1, 0.15) is 64.0 Å². The molecule has 1 spiro atoms. The Morgan fingerprint density at radius 2 is 1.80 bits per heavy atom. The highest BCUT2D eigenvalue weighted by Gasteiger charge is 2.46. The number of carbonyl (C=O) groups is 1. The van der Waals surface area contributed by atoms with E-state index in [1.807, 2.05) is 37.8 Å². The molecule has 40 heavy (non-hydrogen) atoms. The lowest BCUT2D eigenvalue weighted by Crippen LogP contribution is -2.61. The summed E-state index contributed by atoms with van der Waals surface area (Å²) in [6.07, 6.45) is 4.83. The molecule has 0 bridgehead atoms. The Morgan fingerprint density at radius 1 is 1.05 bits per heavy atom. The monoisotopic (exact) mass is 610 g/mol. The highest BCUT2D eigenvalue weighted by Crippen LogP contribution is 2.45. The van der Waals surface area contributed by atoms with Gasteiger partial charge in [0, 0.05) is 65.4 Å². The molecule has 1 atom stereocenters. The number of hydrogen-bond acceptors (Lipinski definition) is 6. The van der Waals surface area contributed by atoms with Crippen molar-refractivity contribution in [3.63, 3.8) is 0 Å². The summed E-state index contributed by atoms with van der Waals surface area (Å²) in [5.41, 5.74) is 4.45. The third kappa shape index (κ3) is 5.84. The van der Waals surface area contributed by atoms with Crippen molar-refractivity contribution in [1.29, 1.82) is 0 Å². The van der Waals surface area contributed by atoms with Crippen LogP contribution in [0.2, 0.25) is 0 Å². The molecule has 0 N–H and O–H groups in total. The first-order valence-electron chi connectivity index (χ1n) is 14.5. The maximum atomic E-state index is 12.4. The molecule has 0 aliphatic carbocycles. The molecule has 3 fully saturated rings. The Labute approximate surface area is 245 Å². The van der Waals surface area contributed by atoms with E-state index in [9.17, 15) is 4.79 Å². The number of amides is 1. The smallest absolute Gasteiger partial charge is 0.410 e. The van der Waals surface area contributed by atoms with Gasteiger partial charge in [0.2, 0.25) is 0 Å². The number of ether oxygens (including phenoxy) is 4. The van der Waals surface area contributed by atoms with Gasteiger partial charge in [0.1, 0.15) is 23.7 Å². The third-order valence-electron chi connectivity index (χ3n) is 8.30.